The summed E-state index contributed by atoms with van der Waals surface area (Å²) in [6.45, 7) is -1.99. The van der Waals surface area contributed by atoms with Gasteiger partial charge in [-0.2, -0.15) is 0 Å². The second-order valence-electron chi connectivity index (χ2n) is 5.42. The van der Waals surface area contributed by atoms with Crippen LogP contribution in [0.1, 0.15) is 0 Å². The van der Waals surface area contributed by atoms with Crippen LogP contribution in [0.2, 0.25) is 0 Å². The zero-order chi connectivity index (χ0) is 20.2. The third kappa shape index (κ3) is 4.79. The molecule has 1 saturated heterocycles. The van der Waals surface area contributed by atoms with Gasteiger partial charge in [-0.15, -0.1) is 0 Å². The van der Waals surface area contributed by atoms with Gasteiger partial charge >= 0.3 is 11.9 Å². The second-order valence-corrected chi connectivity index (χ2v) is 5.42. The van der Waals surface area contributed by atoms with Gasteiger partial charge in [0.05, 0.1) is 6.61 Å². The van der Waals surface area contributed by atoms with Crippen molar-refractivity contribution in [3.63, 3.8) is 0 Å². The maximum absolute atomic E-state index is 11.5. The van der Waals surface area contributed by atoms with Crippen LogP contribution in [-0.4, -0.2) is 114 Å². The van der Waals surface area contributed by atoms with Crippen molar-refractivity contribution in [2.75, 3.05) is 13.2 Å². The first kappa shape index (κ1) is 22.0. The van der Waals surface area contributed by atoms with E-state index >= 15 is 0 Å². The summed E-state index contributed by atoms with van der Waals surface area (Å²) in [4.78, 5) is 22.8. The van der Waals surface area contributed by atoms with Crippen LogP contribution < -0.4 is 0 Å². The number of carbonyl (C=O) groups is 2. The van der Waals surface area contributed by atoms with Crippen LogP contribution in [0, 0.1) is 0 Å². The normalized spacial score (nSPS) is 30.7. The van der Waals surface area contributed by atoms with Crippen LogP contribution in [0.5, 0.6) is 0 Å². The highest BCUT2D eigenvalue weighted by Crippen LogP contribution is 2.20. The van der Waals surface area contributed by atoms with Gasteiger partial charge in [-0.1, -0.05) is 0 Å². The molecule has 0 aliphatic carbocycles. The Morgan fingerprint density at radius 2 is 1.69 bits per heavy atom. The van der Waals surface area contributed by atoms with Gasteiger partial charge in [0.15, 0.2) is 18.0 Å². The highest BCUT2D eigenvalue weighted by Gasteiger charge is 2.46. The SMILES string of the molecule is O=C(OC[C@@H](O)[C@H]1OC(=O)[C@H](O)[C@@H](O)[C@@H]1O)/C(O)=C(/O)[C@H](O)[C@H](O)CO. The lowest BCUT2D eigenvalue weighted by molar-refractivity contribution is -0.218. The molecule has 9 N–H and O–H groups in total. The lowest BCUT2D eigenvalue weighted by Crippen LogP contribution is -2.59. The zero-order valence-electron chi connectivity index (χ0n) is 13.1. The molecule has 13 nitrogen and oxygen atoms in total. The molecule has 0 aromatic rings. The molecule has 1 heterocycles. The highest BCUT2D eigenvalue weighted by molar-refractivity contribution is 5.86. The number of aliphatic hydroxyl groups excluding tert-OH is 9. The molecule has 0 spiro atoms. The molecule has 150 valence electrons. The van der Waals surface area contributed by atoms with Crippen molar-refractivity contribution in [1.29, 1.82) is 0 Å². The molecule has 7 atom stereocenters. The minimum Gasteiger partial charge on any atom is -0.506 e. The summed E-state index contributed by atoms with van der Waals surface area (Å²) < 4.78 is 8.89. The number of ether oxygens (including phenoxy) is 2. The number of hydrogen-bond acceptors (Lipinski definition) is 13. The maximum atomic E-state index is 11.5. The summed E-state index contributed by atoms with van der Waals surface area (Å²) >= 11 is 0. The summed E-state index contributed by atoms with van der Waals surface area (Å²) in [5.41, 5.74) is 0. The van der Waals surface area contributed by atoms with Gasteiger partial charge in [-0.25, -0.2) is 9.59 Å². The molecule has 26 heavy (non-hydrogen) atoms. The summed E-state index contributed by atoms with van der Waals surface area (Å²) in [6.07, 6.45) is -13.7. The predicted octanol–water partition coefficient (Wildman–Crippen LogP) is -5.06. The zero-order valence-corrected chi connectivity index (χ0v) is 13.1. The summed E-state index contributed by atoms with van der Waals surface area (Å²) in [7, 11) is 0. The first-order valence-electron chi connectivity index (χ1n) is 7.21. The van der Waals surface area contributed by atoms with Crippen LogP contribution >= 0.6 is 0 Å². The lowest BCUT2D eigenvalue weighted by Gasteiger charge is -2.36. The van der Waals surface area contributed by atoms with Gasteiger partial charge in [-0.3, -0.25) is 0 Å². The van der Waals surface area contributed by atoms with Gasteiger partial charge in [0.2, 0.25) is 5.76 Å². The molecule has 0 aromatic carbocycles. The fourth-order valence-electron chi connectivity index (χ4n) is 1.95. The van der Waals surface area contributed by atoms with Gasteiger partial charge in [-0.05, 0) is 0 Å². The summed E-state index contributed by atoms with van der Waals surface area (Å²) in [5, 5.41) is 83.9. The first-order chi connectivity index (χ1) is 12.0. The molecule has 0 radical (unpaired) electrons. The van der Waals surface area contributed by atoms with Crippen molar-refractivity contribution in [2.45, 2.75) is 42.7 Å². The van der Waals surface area contributed by atoms with E-state index < -0.39 is 79.4 Å². The molecule has 1 aliphatic heterocycles. The standard InChI is InChI=1S/C13H20O13/c14-1-3(15)5(17)6(18)9(21)12(23)25-2-4(16)11-8(20)7(19)10(22)13(24)26-11/h3-5,7-8,10-11,14-22H,1-2H2/b9-6-/t3-,4-,5-,7+,8+,10-,11-/m1/s1. The van der Waals surface area contributed by atoms with Crippen LogP contribution in [-0.2, 0) is 19.1 Å². The minimum atomic E-state index is -2.20. The molecule has 0 bridgehead atoms. The van der Waals surface area contributed by atoms with E-state index in [1.54, 1.807) is 0 Å². The highest BCUT2D eigenvalue weighted by atomic mass is 16.6. The number of cyclic esters (lactones) is 1. The van der Waals surface area contributed by atoms with E-state index in [1.807, 2.05) is 0 Å². The Bertz CT molecular complexity index is 546. The van der Waals surface area contributed by atoms with Gasteiger partial charge in [0, 0.05) is 0 Å². The van der Waals surface area contributed by atoms with Crippen molar-refractivity contribution < 1.29 is 65.0 Å². The Morgan fingerprint density at radius 3 is 2.23 bits per heavy atom. The third-order valence-corrected chi connectivity index (χ3v) is 3.54. The van der Waals surface area contributed by atoms with Gasteiger partial charge in [0.1, 0.15) is 37.1 Å². The van der Waals surface area contributed by atoms with Gasteiger partial charge < -0.3 is 55.4 Å². The van der Waals surface area contributed by atoms with Crippen LogP contribution in [0.4, 0.5) is 0 Å². The summed E-state index contributed by atoms with van der Waals surface area (Å²) in [6, 6.07) is 0. The Kier molecular flexibility index (Phi) is 7.70. The second kappa shape index (κ2) is 9.09. The first-order valence-corrected chi connectivity index (χ1v) is 7.21. The van der Waals surface area contributed by atoms with E-state index in [0.29, 0.717) is 0 Å². The number of aliphatic hydroxyl groups is 9. The Balaban J connectivity index is 2.70. The van der Waals surface area contributed by atoms with Crippen molar-refractivity contribution >= 4 is 11.9 Å². The number of hydrogen-bond donors (Lipinski definition) is 9. The molecule has 0 aromatic heterocycles. The van der Waals surface area contributed by atoms with E-state index in [-0.39, 0.29) is 0 Å². The average Bonchev–Trinajstić information content (AvgIpc) is 2.64. The molecule has 0 saturated carbocycles. The number of esters is 2. The fraction of sp³-hybridized carbons (Fsp3) is 0.692. The van der Waals surface area contributed by atoms with Crippen molar-refractivity contribution in [3.8, 4) is 0 Å². The Morgan fingerprint density at radius 1 is 1.12 bits per heavy atom. The van der Waals surface area contributed by atoms with E-state index in [1.165, 1.54) is 0 Å². The van der Waals surface area contributed by atoms with Crippen LogP contribution in [0.25, 0.3) is 0 Å². The maximum Gasteiger partial charge on any atom is 0.377 e. The number of carbonyl (C=O) groups excluding carboxylic acids is 2. The van der Waals surface area contributed by atoms with E-state index in [9.17, 15) is 45.3 Å². The smallest absolute Gasteiger partial charge is 0.377 e. The predicted molar refractivity (Wildman–Crippen MR) is 76.2 cm³/mol. The number of rotatable bonds is 7. The molecule has 1 rings (SSSR count). The van der Waals surface area contributed by atoms with Gasteiger partial charge in [0.25, 0.3) is 0 Å². The molecular formula is C13H20O13. The molecule has 1 aliphatic rings. The fourth-order valence-corrected chi connectivity index (χ4v) is 1.95. The van der Waals surface area contributed by atoms with E-state index in [2.05, 4.69) is 9.47 Å². The Hall–Kier alpha value is -2.00. The molecule has 0 unspecified atom stereocenters. The van der Waals surface area contributed by atoms with Crippen LogP contribution in [0.15, 0.2) is 11.5 Å². The van der Waals surface area contributed by atoms with E-state index in [0.717, 1.165) is 0 Å². The van der Waals surface area contributed by atoms with Crippen molar-refractivity contribution in [3.05, 3.63) is 11.5 Å². The van der Waals surface area contributed by atoms with Crippen molar-refractivity contribution in [2.24, 2.45) is 0 Å². The van der Waals surface area contributed by atoms with Crippen molar-refractivity contribution in [1.82, 2.24) is 0 Å². The lowest BCUT2D eigenvalue weighted by atomic mass is 9.96. The Labute approximate surface area is 145 Å². The molecule has 1 fully saturated rings. The average molecular weight is 384 g/mol. The van der Waals surface area contributed by atoms with E-state index in [4.69, 9.17) is 10.2 Å². The molecule has 0 amide bonds. The quantitative estimate of drug-likeness (QED) is 0.114. The molecule has 13 heteroatoms. The largest absolute Gasteiger partial charge is 0.506 e. The topological polar surface area (TPSA) is 235 Å². The minimum absolute atomic E-state index is 0.993. The third-order valence-electron chi connectivity index (χ3n) is 3.54. The molecular weight excluding hydrogens is 364 g/mol. The van der Waals surface area contributed by atoms with Crippen LogP contribution in [0.3, 0.4) is 0 Å². The summed E-state index contributed by atoms with van der Waals surface area (Å²) in [5.74, 6) is -5.94. The monoisotopic (exact) mass is 384 g/mol.